The molecule has 0 saturated carbocycles. The quantitative estimate of drug-likeness (QED) is 0.610. The summed E-state index contributed by atoms with van der Waals surface area (Å²) in [5.41, 5.74) is 12.7. The lowest BCUT2D eigenvalue weighted by atomic mass is 10.2. The van der Waals surface area contributed by atoms with Gasteiger partial charge in [-0.25, -0.2) is 8.42 Å². The first-order chi connectivity index (χ1) is 11.8. The van der Waals surface area contributed by atoms with Gasteiger partial charge >= 0.3 is 0 Å². The average molecular weight is 356 g/mol. The molecule has 0 saturated heterocycles. The molecule has 5 nitrogen and oxygen atoms in total. The van der Waals surface area contributed by atoms with E-state index in [0.29, 0.717) is 17.0 Å². The minimum absolute atomic E-state index is 0.149. The first-order valence-corrected chi connectivity index (χ1v) is 9.00. The number of sulfone groups is 1. The van der Waals surface area contributed by atoms with Crippen molar-refractivity contribution in [3.63, 3.8) is 0 Å². The van der Waals surface area contributed by atoms with Gasteiger partial charge in [-0.2, -0.15) is 0 Å². The zero-order valence-electron chi connectivity index (χ0n) is 13.8. The molecule has 0 aliphatic carbocycles. The summed E-state index contributed by atoms with van der Waals surface area (Å²) < 4.78 is 25.0. The molecular weight excluding hydrogens is 336 g/mol. The van der Waals surface area contributed by atoms with Crippen LogP contribution in [0.3, 0.4) is 0 Å². The summed E-state index contributed by atoms with van der Waals surface area (Å²) in [6.07, 6.45) is 0. The third-order valence-corrected chi connectivity index (χ3v) is 5.41. The molecule has 6 heteroatoms. The number of phenolic OH excluding ortho intramolecular Hbond substituents is 1. The maximum atomic E-state index is 12.5. The molecule has 130 valence electrons. The molecule has 5 N–H and O–H groups in total. The van der Waals surface area contributed by atoms with Gasteiger partial charge in [0.2, 0.25) is 9.84 Å². The molecule has 0 aliphatic heterocycles. The van der Waals surface area contributed by atoms with E-state index in [0.717, 1.165) is 0 Å². The van der Waals surface area contributed by atoms with Crippen LogP contribution in [0.1, 0.15) is 5.56 Å². The van der Waals surface area contributed by atoms with Crippen LogP contribution in [0.5, 0.6) is 5.75 Å². The van der Waals surface area contributed by atoms with Gasteiger partial charge in [0.15, 0.2) is 0 Å². The van der Waals surface area contributed by atoms with E-state index in [2.05, 4.69) is 0 Å². The summed E-state index contributed by atoms with van der Waals surface area (Å²) in [6.45, 7) is 1.72. The number of rotatable bonds is 2. The lowest BCUT2D eigenvalue weighted by molar-refractivity contribution is 0.475. The number of aromatic hydroxyl groups is 1. The van der Waals surface area contributed by atoms with Gasteiger partial charge in [0.05, 0.1) is 15.5 Å². The van der Waals surface area contributed by atoms with E-state index in [4.69, 9.17) is 16.6 Å². The summed E-state index contributed by atoms with van der Waals surface area (Å²) in [7, 11) is -3.63. The Balaban J connectivity index is 0.000000269. The topological polar surface area (TPSA) is 106 Å². The summed E-state index contributed by atoms with van der Waals surface area (Å²) in [4.78, 5) is 0.305. The van der Waals surface area contributed by atoms with Crippen LogP contribution in [-0.2, 0) is 9.84 Å². The fourth-order valence-corrected chi connectivity index (χ4v) is 3.92. The van der Waals surface area contributed by atoms with Crippen molar-refractivity contribution in [1.29, 1.82) is 0 Å². The number of nitrogen functional groups attached to an aromatic ring is 2. The predicted molar refractivity (Wildman–Crippen MR) is 100 cm³/mol. The van der Waals surface area contributed by atoms with Crippen LogP contribution in [0.2, 0.25) is 0 Å². The van der Waals surface area contributed by atoms with Crippen molar-refractivity contribution in [2.75, 3.05) is 11.5 Å². The summed E-state index contributed by atoms with van der Waals surface area (Å²) >= 11 is 0. The highest BCUT2D eigenvalue weighted by atomic mass is 32.2. The van der Waals surface area contributed by atoms with E-state index < -0.39 is 9.84 Å². The zero-order valence-corrected chi connectivity index (χ0v) is 14.6. The van der Waals surface area contributed by atoms with E-state index in [1.54, 1.807) is 61.5 Å². The molecule has 0 atom stereocenters. The van der Waals surface area contributed by atoms with Gasteiger partial charge in [-0.1, -0.05) is 36.4 Å². The molecule has 0 heterocycles. The number of para-hydroxylation sites is 1. The zero-order chi connectivity index (χ0) is 18.4. The van der Waals surface area contributed by atoms with Crippen molar-refractivity contribution >= 4 is 21.2 Å². The first-order valence-electron chi connectivity index (χ1n) is 7.52. The third-order valence-electron chi connectivity index (χ3n) is 3.44. The van der Waals surface area contributed by atoms with Crippen LogP contribution in [0.15, 0.2) is 82.6 Å². The van der Waals surface area contributed by atoms with Crippen molar-refractivity contribution in [2.45, 2.75) is 16.7 Å². The highest BCUT2D eigenvalue weighted by Gasteiger charge is 2.22. The van der Waals surface area contributed by atoms with Crippen molar-refractivity contribution in [2.24, 2.45) is 0 Å². The molecule has 3 aromatic carbocycles. The Morgan fingerprint density at radius 3 is 2.00 bits per heavy atom. The molecule has 0 radical (unpaired) electrons. The van der Waals surface area contributed by atoms with E-state index in [9.17, 15) is 8.42 Å². The number of hydrogen-bond acceptors (Lipinski definition) is 5. The monoisotopic (exact) mass is 356 g/mol. The van der Waals surface area contributed by atoms with Gasteiger partial charge in [-0.05, 0) is 48.9 Å². The molecule has 0 unspecified atom stereocenters. The second-order valence-corrected chi connectivity index (χ2v) is 7.29. The maximum absolute atomic E-state index is 12.5. The molecular formula is C19H20N2O3S. The van der Waals surface area contributed by atoms with Crippen LogP contribution in [0.25, 0.3) is 0 Å². The average Bonchev–Trinajstić information content (AvgIpc) is 2.56. The molecule has 25 heavy (non-hydrogen) atoms. The number of phenols is 1. The highest BCUT2D eigenvalue weighted by molar-refractivity contribution is 7.91. The smallest absolute Gasteiger partial charge is 0.208 e. The minimum atomic E-state index is -3.63. The van der Waals surface area contributed by atoms with Gasteiger partial charge < -0.3 is 16.6 Å². The maximum Gasteiger partial charge on any atom is 0.208 e. The van der Waals surface area contributed by atoms with Gasteiger partial charge in [0.25, 0.3) is 0 Å². The lowest BCUT2D eigenvalue weighted by Crippen LogP contribution is -2.08. The number of aryl methyl sites for hydroxylation is 1. The van der Waals surface area contributed by atoms with E-state index >= 15 is 0 Å². The molecule has 0 fully saturated rings. The van der Waals surface area contributed by atoms with Gasteiger partial charge in [-0.15, -0.1) is 0 Å². The van der Waals surface area contributed by atoms with E-state index in [1.807, 2.05) is 6.07 Å². The van der Waals surface area contributed by atoms with Gasteiger partial charge in [0, 0.05) is 5.69 Å². The number of hydrogen-bond donors (Lipinski definition) is 3. The van der Waals surface area contributed by atoms with Crippen molar-refractivity contribution in [3.05, 3.63) is 78.4 Å². The fraction of sp³-hybridized carbons (Fsp3) is 0.0526. The third kappa shape index (κ3) is 4.51. The van der Waals surface area contributed by atoms with Crippen LogP contribution in [0, 0.1) is 6.92 Å². The van der Waals surface area contributed by atoms with Crippen LogP contribution >= 0.6 is 0 Å². The van der Waals surface area contributed by atoms with Crippen molar-refractivity contribution in [1.82, 2.24) is 0 Å². The van der Waals surface area contributed by atoms with Crippen molar-refractivity contribution in [3.8, 4) is 5.75 Å². The Labute approximate surface area is 147 Å². The Kier molecular flexibility index (Phi) is 5.67. The Morgan fingerprint density at radius 2 is 1.48 bits per heavy atom. The first kappa shape index (κ1) is 18.4. The Hall–Kier alpha value is -2.99. The molecule has 0 bridgehead atoms. The van der Waals surface area contributed by atoms with E-state index in [-0.39, 0.29) is 15.5 Å². The molecule has 0 spiro atoms. The number of nitrogens with two attached hydrogens (primary N) is 2. The van der Waals surface area contributed by atoms with Crippen LogP contribution in [0.4, 0.5) is 11.4 Å². The summed E-state index contributed by atoms with van der Waals surface area (Å²) in [5.74, 6) is 0.322. The second kappa shape index (κ2) is 7.72. The molecule has 3 rings (SSSR count). The van der Waals surface area contributed by atoms with Crippen LogP contribution < -0.4 is 11.5 Å². The molecule has 0 aliphatic rings. The minimum Gasteiger partial charge on any atom is -0.508 e. The highest BCUT2D eigenvalue weighted by Crippen LogP contribution is 2.29. The van der Waals surface area contributed by atoms with Gasteiger partial charge in [0.1, 0.15) is 5.75 Å². The SMILES string of the molecule is Cc1cccc(N)c1S(=O)(=O)c1cccc(N)c1.Oc1ccccc1. The summed E-state index contributed by atoms with van der Waals surface area (Å²) in [5, 5.41) is 8.63. The lowest BCUT2D eigenvalue weighted by Gasteiger charge is -2.10. The fourth-order valence-electron chi connectivity index (χ4n) is 2.27. The largest absolute Gasteiger partial charge is 0.508 e. The van der Waals surface area contributed by atoms with Crippen molar-refractivity contribution < 1.29 is 13.5 Å². The second-order valence-electron chi connectivity index (χ2n) is 5.40. The predicted octanol–water partition coefficient (Wildman–Crippen LogP) is 3.38. The molecule has 0 amide bonds. The summed E-state index contributed by atoms with van der Waals surface area (Å²) in [6, 6.07) is 19.9. The number of anilines is 2. The Bertz CT molecular complexity index is 935. The van der Waals surface area contributed by atoms with E-state index in [1.165, 1.54) is 12.1 Å². The molecule has 3 aromatic rings. The standard InChI is InChI=1S/C13H14N2O2S.C6H6O/c1-9-4-2-7-12(15)13(9)18(16,17)11-6-3-5-10(14)8-11;7-6-4-2-1-3-5-6/h2-8H,14-15H2,1H3;1-5,7H. The number of benzene rings is 3. The van der Waals surface area contributed by atoms with Gasteiger partial charge in [-0.3, -0.25) is 0 Å². The molecule has 0 aromatic heterocycles. The normalized spacial score (nSPS) is 10.6. The Morgan fingerprint density at radius 1 is 0.840 bits per heavy atom. The van der Waals surface area contributed by atoms with Crippen LogP contribution in [-0.4, -0.2) is 13.5 Å².